The molecule has 1 aromatic rings. The summed E-state index contributed by atoms with van der Waals surface area (Å²) in [5.74, 6) is 0.233. The second-order valence-corrected chi connectivity index (χ2v) is 8.25. The van der Waals surface area contributed by atoms with E-state index in [0.29, 0.717) is 30.4 Å². The molecule has 166 valence electrons. The Morgan fingerprint density at radius 2 is 2.07 bits per heavy atom. The van der Waals surface area contributed by atoms with E-state index in [9.17, 15) is 14.9 Å². The summed E-state index contributed by atoms with van der Waals surface area (Å²) in [5, 5.41) is 13.8. The molecule has 2 aliphatic heterocycles. The van der Waals surface area contributed by atoms with Crippen LogP contribution in [0.4, 0.5) is 11.4 Å². The lowest BCUT2D eigenvalue weighted by atomic mass is 10.1. The number of morpholine rings is 1. The largest absolute Gasteiger partial charge is 0.495 e. The van der Waals surface area contributed by atoms with E-state index in [-0.39, 0.29) is 23.8 Å². The fraction of sp³-hybridized carbons (Fsp3) is 0.667. The minimum absolute atomic E-state index is 0.0836. The van der Waals surface area contributed by atoms with Crippen LogP contribution in [-0.4, -0.2) is 78.7 Å². The van der Waals surface area contributed by atoms with Gasteiger partial charge in [-0.15, -0.1) is 0 Å². The summed E-state index contributed by atoms with van der Waals surface area (Å²) in [4.78, 5) is 27.9. The average Bonchev–Trinajstić information content (AvgIpc) is 3.12. The molecule has 3 unspecified atom stereocenters. The van der Waals surface area contributed by atoms with Crippen LogP contribution >= 0.6 is 0 Å². The van der Waals surface area contributed by atoms with Crippen LogP contribution in [0.3, 0.4) is 0 Å². The Morgan fingerprint density at radius 3 is 2.73 bits per heavy atom. The SMILES string of the molecule is COc1ccc([N+](=O)[O-])cc1NC(=O)CCN1CCCC1CN1CC(C)OC(C)C1. The van der Waals surface area contributed by atoms with Crippen LogP contribution < -0.4 is 10.1 Å². The predicted octanol–water partition coefficient (Wildman–Crippen LogP) is 2.51. The molecule has 3 rings (SSSR count). The third-order valence-electron chi connectivity index (χ3n) is 5.76. The van der Waals surface area contributed by atoms with Crippen molar-refractivity contribution in [3.05, 3.63) is 28.3 Å². The fourth-order valence-electron chi connectivity index (χ4n) is 4.49. The number of nitro groups is 1. The summed E-state index contributed by atoms with van der Waals surface area (Å²) in [6.07, 6.45) is 3.11. The number of hydrogen-bond donors (Lipinski definition) is 1. The van der Waals surface area contributed by atoms with Gasteiger partial charge in [-0.3, -0.25) is 24.7 Å². The Bertz CT molecular complexity index is 749. The van der Waals surface area contributed by atoms with Gasteiger partial charge in [-0.25, -0.2) is 0 Å². The lowest BCUT2D eigenvalue weighted by Gasteiger charge is -2.38. The van der Waals surface area contributed by atoms with Crippen molar-refractivity contribution in [3.63, 3.8) is 0 Å². The van der Waals surface area contributed by atoms with E-state index in [1.54, 1.807) is 0 Å². The van der Waals surface area contributed by atoms with Gasteiger partial charge in [-0.1, -0.05) is 0 Å². The number of benzene rings is 1. The van der Waals surface area contributed by atoms with Gasteiger partial charge in [-0.05, 0) is 39.3 Å². The number of likely N-dealkylation sites (tertiary alicyclic amines) is 1. The molecule has 0 saturated carbocycles. The molecule has 0 aliphatic carbocycles. The molecule has 1 aromatic carbocycles. The van der Waals surface area contributed by atoms with Crippen molar-refractivity contribution < 1.29 is 19.2 Å². The Labute approximate surface area is 177 Å². The van der Waals surface area contributed by atoms with Gasteiger partial charge in [0.2, 0.25) is 5.91 Å². The maximum atomic E-state index is 12.5. The van der Waals surface area contributed by atoms with Gasteiger partial charge in [-0.2, -0.15) is 0 Å². The van der Waals surface area contributed by atoms with Crippen molar-refractivity contribution in [3.8, 4) is 5.75 Å². The molecule has 0 radical (unpaired) electrons. The average molecular weight is 421 g/mol. The number of ether oxygens (including phenoxy) is 2. The Morgan fingerprint density at radius 1 is 1.33 bits per heavy atom. The van der Waals surface area contributed by atoms with Gasteiger partial charge in [0.1, 0.15) is 5.75 Å². The number of rotatable bonds is 8. The number of non-ortho nitro benzene ring substituents is 1. The van der Waals surface area contributed by atoms with E-state index in [4.69, 9.17) is 9.47 Å². The summed E-state index contributed by atoms with van der Waals surface area (Å²) in [6.45, 7) is 8.78. The van der Waals surface area contributed by atoms with Crippen molar-refractivity contribution in [1.29, 1.82) is 0 Å². The van der Waals surface area contributed by atoms with Crippen LogP contribution in [0.25, 0.3) is 0 Å². The minimum Gasteiger partial charge on any atom is -0.495 e. The van der Waals surface area contributed by atoms with E-state index in [2.05, 4.69) is 29.0 Å². The molecule has 9 heteroatoms. The summed E-state index contributed by atoms with van der Waals surface area (Å²) >= 11 is 0. The van der Waals surface area contributed by atoms with Crippen LogP contribution in [0.2, 0.25) is 0 Å². The molecule has 3 atom stereocenters. The van der Waals surface area contributed by atoms with Gasteiger partial charge in [0.05, 0.1) is 29.9 Å². The monoisotopic (exact) mass is 420 g/mol. The van der Waals surface area contributed by atoms with Gasteiger partial charge in [0, 0.05) is 50.8 Å². The third kappa shape index (κ3) is 5.90. The second kappa shape index (κ2) is 10.2. The predicted molar refractivity (Wildman–Crippen MR) is 114 cm³/mol. The van der Waals surface area contributed by atoms with E-state index < -0.39 is 4.92 Å². The lowest BCUT2D eigenvalue weighted by Crippen LogP contribution is -2.50. The van der Waals surface area contributed by atoms with E-state index in [1.807, 2.05) is 0 Å². The van der Waals surface area contributed by atoms with Gasteiger partial charge < -0.3 is 14.8 Å². The highest BCUT2D eigenvalue weighted by atomic mass is 16.6. The molecule has 0 bridgehead atoms. The number of carbonyl (C=O) groups is 1. The third-order valence-corrected chi connectivity index (χ3v) is 5.76. The number of carbonyl (C=O) groups excluding carboxylic acids is 1. The van der Waals surface area contributed by atoms with Gasteiger partial charge >= 0.3 is 0 Å². The zero-order chi connectivity index (χ0) is 21.7. The first kappa shape index (κ1) is 22.5. The number of anilines is 1. The Hall–Kier alpha value is -2.23. The fourth-order valence-corrected chi connectivity index (χ4v) is 4.49. The zero-order valence-electron chi connectivity index (χ0n) is 18.0. The molecule has 2 fully saturated rings. The molecule has 30 heavy (non-hydrogen) atoms. The van der Waals surface area contributed by atoms with E-state index in [0.717, 1.165) is 39.0 Å². The van der Waals surface area contributed by atoms with Crippen LogP contribution in [0.15, 0.2) is 18.2 Å². The molecule has 2 saturated heterocycles. The summed E-state index contributed by atoms with van der Waals surface area (Å²) in [7, 11) is 1.47. The van der Waals surface area contributed by atoms with Crippen LogP contribution in [0, 0.1) is 10.1 Å². The highest BCUT2D eigenvalue weighted by Gasteiger charge is 2.30. The first-order valence-electron chi connectivity index (χ1n) is 10.6. The molecule has 9 nitrogen and oxygen atoms in total. The molecule has 1 amide bonds. The summed E-state index contributed by atoms with van der Waals surface area (Å²) in [5.41, 5.74) is 0.241. The molecular weight excluding hydrogens is 388 g/mol. The van der Waals surface area contributed by atoms with Crippen molar-refractivity contribution in [2.45, 2.75) is 51.4 Å². The number of nitro benzene ring substituents is 1. The van der Waals surface area contributed by atoms with E-state index in [1.165, 1.54) is 25.3 Å². The highest BCUT2D eigenvalue weighted by molar-refractivity contribution is 5.92. The lowest BCUT2D eigenvalue weighted by molar-refractivity contribution is -0.384. The van der Waals surface area contributed by atoms with Crippen LogP contribution in [0.5, 0.6) is 5.75 Å². The number of amides is 1. The first-order chi connectivity index (χ1) is 14.4. The number of nitrogens with one attached hydrogen (secondary N) is 1. The van der Waals surface area contributed by atoms with Crippen molar-refractivity contribution in [1.82, 2.24) is 9.80 Å². The minimum atomic E-state index is -0.489. The zero-order valence-corrected chi connectivity index (χ0v) is 18.0. The Balaban J connectivity index is 1.52. The number of methoxy groups -OCH3 is 1. The summed E-state index contributed by atoms with van der Waals surface area (Å²) < 4.78 is 11.0. The quantitative estimate of drug-likeness (QED) is 0.510. The van der Waals surface area contributed by atoms with Crippen molar-refractivity contribution >= 4 is 17.3 Å². The summed E-state index contributed by atoms with van der Waals surface area (Å²) in [6, 6.07) is 4.63. The molecule has 0 aromatic heterocycles. The van der Waals surface area contributed by atoms with Crippen LogP contribution in [0.1, 0.15) is 33.1 Å². The maximum Gasteiger partial charge on any atom is 0.271 e. The smallest absolute Gasteiger partial charge is 0.271 e. The highest BCUT2D eigenvalue weighted by Crippen LogP contribution is 2.29. The number of hydrogen-bond acceptors (Lipinski definition) is 7. The molecule has 1 N–H and O–H groups in total. The van der Waals surface area contributed by atoms with Gasteiger partial charge in [0.25, 0.3) is 5.69 Å². The van der Waals surface area contributed by atoms with Crippen LogP contribution in [-0.2, 0) is 9.53 Å². The van der Waals surface area contributed by atoms with E-state index >= 15 is 0 Å². The maximum absolute atomic E-state index is 12.5. The van der Waals surface area contributed by atoms with Crippen molar-refractivity contribution in [2.24, 2.45) is 0 Å². The first-order valence-corrected chi connectivity index (χ1v) is 10.6. The molecular formula is C21H32N4O5. The molecule has 2 aliphatic rings. The normalized spacial score (nSPS) is 25.2. The topological polar surface area (TPSA) is 97.2 Å². The Kier molecular flexibility index (Phi) is 7.63. The second-order valence-electron chi connectivity index (χ2n) is 8.25. The standard InChI is InChI=1S/C21H32N4O5/c1-15-12-23(13-16(2)30-15)14-18-5-4-9-24(18)10-8-21(26)22-19-11-17(25(27)28)6-7-20(19)29-3/h6-7,11,15-16,18H,4-5,8-10,12-14H2,1-3H3,(H,22,26). The number of nitrogens with zero attached hydrogens (tertiary/aromatic N) is 3. The van der Waals surface area contributed by atoms with Crippen molar-refractivity contribution in [2.75, 3.05) is 45.2 Å². The van der Waals surface area contributed by atoms with Gasteiger partial charge in [0.15, 0.2) is 0 Å². The molecule has 0 spiro atoms. The molecule has 2 heterocycles.